The third-order valence-electron chi connectivity index (χ3n) is 4.92. The van der Waals surface area contributed by atoms with Gasteiger partial charge in [0.15, 0.2) is 0 Å². The van der Waals surface area contributed by atoms with Crippen molar-refractivity contribution in [1.29, 1.82) is 10.5 Å². The molecule has 0 aliphatic carbocycles. The van der Waals surface area contributed by atoms with Crippen LogP contribution in [0.15, 0.2) is 42.5 Å². The quantitative estimate of drug-likeness (QED) is 0.839. The molecule has 0 saturated carbocycles. The van der Waals surface area contributed by atoms with Gasteiger partial charge in [-0.15, -0.1) is 0 Å². The first kappa shape index (κ1) is 19.5. The largest absolute Gasteiger partial charge is 0.339 e. The van der Waals surface area contributed by atoms with Crippen LogP contribution >= 0.6 is 0 Å². The summed E-state index contributed by atoms with van der Waals surface area (Å²) in [7, 11) is 0. The molecule has 1 aliphatic rings. The predicted octanol–water partition coefficient (Wildman–Crippen LogP) is 3.06. The van der Waals surface area contributed by atoms with E-state index in [2.05, 4.69) is 16.7 Å². The molecule has 2 aromatic carbocycles. The molecule has 6 heteroatoms. The van der Waals surface area contributed by atoms with Crippen molar-refractivity contribution in [2.24, 2.45) is 0 Å². The highest BCUT2D eigenvalue weighted by Crippen LogP contribution is 2.22. The first-order valence-electron chi connectivity index (χ1n) is 9.33. The minimum absolute atomic E-state index is 0.0143. The molecule has 0 radical (unpaired) electrons. The Balaban J connectivity index is 1.64. The summed E-state index contributed by atoms with van der Waals surface area (Å²) in [5, 5.41) is 24.2. The normalized spacial score (nSPS) is 17.2. The van der Waals surface area contributed by atoms with E-state index in [4.69, 9.17) is 5.26 Å². The number of hydrogen-bond donors (Lipinski definition) is 2. The number of halogens is 1. The van der Waals surface area contributed by atoms with Crippen LogP contribution < -0.4 is 10.6 Å². The highest BCUT2D eigenvalue weighted by molar-refractivity contribution is 5.82. The van der Waals surface area contributed by atoms with Gasteiger partial charge in [-0.2, -0.15) is 10.5 Å². The van der Waals surface area contributed by atoms with Crippen molar-refractivity contribution < 1.29 is 9.18 Å². The maximum absolute atomic E-state index is 13.8. The molecule has 2 atom stereocenters. The van der Waals surface area contributed by atoms with Crippen LogP contribution in [-0.2, 0) is 11.2 Å². The Morgan fingerprint density at radius 3 is 2.54 bits per heavy atom. The van der Waals surface area contributed by atoms with E-state index in [1.165, 1.54) is 12.1 Å². The smallest absolute Gasteiger partial charge is 0.238 e. The molecular formula is C22H21FN4O. The number of hydrogen-bond acceptors (Lipinski definition) is 4. The van der Waals surface area contributed by atoms with Crippen LogP contribution in [0.4, 0.5) is 4.39 Å². The average Bonchev–Trinajstić information content (AvgIpc) is 2.74. The van der Waals surface area contributed by atoms with Crippen molar-refractivity contribution in [2.75, 3.05) is 6.54 Å². The van der Waals surface area contributed by atoms with Crippen molar-refractivity contribution >= 4 is 5.91 Å². The highest BCUT2D eigenvalue weighted by Gasteiger charge is 2.23. The minimum atomic E-state index is -0.602. The van der Waals surface area contributed by atoms with Crippen LogP contribution in [-0.4, -0.2) is 24.5 Å². The monoisotopic (exact) mass is 376 g/mol. The van der Waals surface area contributed by atoms with Crippen molar-refractivity contribution in [3.63, 3.8) is 0 Å². The zero-order valence-electron chi connectivity index (χ0n) is 15.4. The topological polar surface area (TPSA) is 88.7 Å². The second-order valence-electron chi connectivity index (χ2n) is 6.90. The van der Waals surface area contributed by atoms with Crippen LogP contribution in [0.3, 0.4) is 0 Å². The number of rotatable bonds is 5. The van der Waals surface area contributed by atoms with Crippen molar-refractivity contribution in [2.45, 2.75) is 37.8 Å². The van der Waals surface area contributed by atoms with Crippen molar-refractivity contribution in [3.05, 3.63) is 59.4 Å². The Bertz CT molecular complexity index is 921. The Hall–Kier alpha value is -3.22. The van der Waals surface area contributed by atoms with E-state index in [1.807, 2.05) is 24.3 Å². The Kier molecular flexibility index (Phi) is 6.37. The maximum atomic E-state index is 13.8. The van der Waals surface area contributed by atoms with Crippen LogP contribution in [0.5, 0.6) is 0 Å². The maximum Gasteiger partial charge on any atom is 0.238 e. The van der Waals surface area contributed by atoms with Gasteiger partial charge in [-0.05, 0) is 48.2 Å². The molecule has 0 spiro atoms. The van der Waals surface area contributed by atoms with E-state index in [0.717, 1.165) is 36.9 Å². The molecule has 2 N–H and O–H groups in total. The van der Waals surface area contributed by atoms with Crippen LogP contribution in [0.1, 0.15) is 30.4 Å². The Labute approximate surface area is 163 Å². The molecule has 5 nitrogen and oxygen atoms in total. The predicted molar refractivity (Wildman–Crippen MR) is 103 cm³/mol. The lowest BCUT2D eigenvalue weighted by atomic mass is 9.99. The van der Waals surface area contributed by atoms with Crippen LogP contribution in [0.25, 0.3) is 11.1 Å². The number of nitrogens with zero attached hydrogens (tertiary/aromatic N) is 2. The van der Waals surface area contributed by atoms with Crippen molar-refractivity contribution in [1.82, 2.24) is 10.6 Å². The standard InChI is InChI=1S/C22H21FN4O/c23-20-12-17(8-9-18(20)13-24)16-6-4-15(5-7-16)11-19(14-25)27-22(28)21-3-1-2-10-26-21/h4-9,12,19,21,26H,1-3,10-11H2,(H,27,28)/t19-,21-/m0/s1. The fraction of sp³-hybridized carbons (Fsp3) is 0.318. The zero-order chi connectivity index (χ0) is 19.9. The number of amides is 1. The summed E-state index contributed by atoms with van der Waals surface area (Å²) in [5.74, 6) is -0.677. The summed E-state index contributed by atoms with van der Waals surface area (Å²) >= 11 is 0. The first-order chi connectivity index (χ1) is 13.6. The van der Waals surface area contributed by atoms with E-state index in [9.17, 15) is 14.4 Å². The zero-order valence-corrected chi connectivity index (χ0v) is 15.4. The SMILES string of the molecule is N#Cc1ccc(-c2ccc(C[C@@H](C#N)NC(=O)[C@@H]3CCCCN3)cc2)cc1F. The molecule has 1 aliphatic heterocycles. The summed E-state index contributed by atoms with van der Waals surface area (Å²) in [6, 6.07) is 15.0. The fourth-order valence-electron chi connectivity index (χ4n) is 3.33. The molecule has 3 rings (SSSR count). The Morgan fingerprint density at radius 1 is 1.18 bits per heavy atom. The van der Waals surface area contributed by atoms with Crippen LogP contribution in [0.2, 0.25) is 0 Å². The van der Waals surface area contributed by atoms with E-state index in [1.54, 1.807) is 12.1 Å². The minimum Gasteiger partial charge on any atom is -0.339 e. The highest BCUT2D eigenvalue weighted by atomic mass is 19.1. The molecule has 142 valence electrons. The first-order valence-corrected chi connectivity index (χ1v) is 9.33. The van der Waals surface area contributed by atoms with Gasteiger partial charge < -0.3 is 10.6 Å². The van der Waals surface area contributed by atoms with Gasteiger partial charge in [0.05, 0.1) is 17.7 Å². The molecule has 1 saturated heterocycles. The summed E-state index contributed by atoms with van der Waals surface area (Å²) in [6.45, 7) is 0.826. The molecule has 0 aromatic heterocycles. The second kappa shape index (κ2) is 9.12. The lowest BCUT2D eigenvalue weighted by Gasteiger charge is -2.23. The van der Waals surface area contributed by atoms with E-state index < -0.39 is 11.9 Å². The molecule has 0 bridgehead atoms. The summed E-state index contributed by atoms with van der Waals surface area (Å²) in [5.41, 5.74) is 2.41. The summed E-state index contributed by atoms with van der Waals surface area (Å²) in [4.78, 5) is 12.3. The molecule has 1 amide bonds. The van der Waals surface area contributed by atoms with Gasteiger partial charge in [-0.25, -0.2) is 4.39 Å². The average molecular weight is 376 g/mol. The van der Waals surface area contributed by atoms with Crippen molar-refractivity contribution in [3.8, 4) is 23.3 Å². The lowest BCUT2D eigenvalue weighted by Crippen LogP contribution is -2.49. The van der Waals surface area contributed by atoms with Crippen LogP contribution in [0, 0.1) is 28.5 Å². The van der Waals surface area contributed by atoms with E-state index >= 15 is 0 Å². The number of nitriles is 2. The number of carbonyl (C=O) groups excluding carboxylic acids is 1. The van der Waals surface area contributed by atoms with E-state index in [-0.39, 0.29) is 17.5 Å². The number of carbonyl (C=O) groups is 1. The molecule has 1 fully saturated rings. The molecular weight excluding hydrogens is 355 g/mol. The van der Waals surface area contributed by atoms with Gasteiger partial charge in [0.25, 0.3) is 0 Å². The van der Waals surface area contributed by atoms with Gasteiger partial charge >= 0.3 is 0 Å². The Morgan fingerprint density at radius 2 is 1.93 bits per heavy atom. The lowest BCUT2D eigenvalue weighted by molar-refractivity contribution is -0.124. The molecule has 1 heterocycles. The number of nitrogens with one attached hydrogen (secondary N) is 2. The summed E-state index contributed by atoms with van der Waals surface area (Å²) in [6.07, 6.45) is 3.28. The molecule has 0 unspecified atom stereocenters. The van der Waals surface area contributed by atoms with Gasteiger partial charge in [0.2, 0.25) is 5.91 Å². The van der Waals surface area contributed by atoms with Gasteiger partial charge in [0, 0.05) is 6.42 Å². The third-order valence-corrected chi connectivity index (χ3v) is 4.92. The molecule has 2 aromatic rings. The fourth-order valence-corrected chi connectivity index (χ4v) is 3.33. The second-order valence-corrected chi connectivity index (χ2v) is 6.90. The third kappa shape index (κ3) is 4.73. The number of benzene rings is 2. The van der Waals surface area contributed by atoms with E-state index in [0.29, 0.717) is 12.0 Å². The van der Waals surface area contributed by atoms with Gasteiger partial charge in [-0.1, -0.05) is 36.8 Å². The summed E-state index contributed by atoms with van der Waals surface area (Å²) < 4.78 is 13.8. The number of piperidine rings is 1. The molecule has 28 heavy (non-hydrogen) atoms. The van der Waals surface area contributed by atoms with Gasteiger partial charge in [0.1, 0.15) is 17.9 Å². The van der Waals surface area contributed by atoms with Gasteiger partial charge in [-0.3, -0.25) is 4.79 Å².